The monoisotopic (exact) mass is 314 g/mol. The van der Waals surface area contributed by atoms with Crippen LogP contribution in [-0.4, -0.2) is 21.0 Å². The van der Waals surface area contributed by atoms with Gasteiger partial charge in [0.15, 0.2) is 0 Å². The number of hydrogen-bond donors (Lipinski definition) is 2. The Balaban J connectivity index is 1.49. The molecular weight excluding hydrogens is 292 g/mol. The standard InChI is InChI=1S/C14H22N2O2S2/c17-20(18,16-9-8-11-2-1-3-11)14-7-6-13(19-14)10-15-12-4-5-12/h6-7,11-12,15-16H,1-5,8-10H2. The van der Waals surface area contributed by atoms with Crippen molar-refractivity contribution in [2.45, 2.75) is 55.3 Å². The molecule has 0 unspecified atom stereocenters. The molecule has 0 aliphatic heterocycles. The van der Waals surface area contributed by atoms with E-state index < -0.39 is 10.0 Å². The predicted molar refractivity (Wildman–Crippen MR) is 81.3 cm³/mol. The highest BCUT2D eigenvalue weighted by atomic mass is 32.2. The summed E-state index contributed by atoms with van der Waals surface area (Å²) in [5.74, 6) is 0.735. The Bertz CT molecular complexity index is 545. The van der Waals surface area contributed by atoms with Crippen molar-refractivity contribution >= 4 is 21.4 Å². The van der Waals surface area contributed by atoms with Crippen molar-refractivity contribution in [3.8, 4) is 0 Å². The zero-order valence-corrected chi connectivity index (χ0v) is 13.2. The van der Waals surface area contributed by atoms with Gasteiger partial charge in [0, 0.05) is 24.0 Å². The van der Waals surface area contributed by atoms with E-state index in [2.05, 4.69) is 10.0 Å². The summed E-state index contributed by atoms with van der Waals surface area (Å²) in [4.78, 5) is 1.09. The van der Waals surface area contributed by atoms with Crippen LogP contribution in [0.3, 0.4) is 0 Å². The van der Waals surface area contributed by atoms with Crippen molar-refractivity contribution in [1.82, 2.24) is 10.0 Å². The quantitative estimate of drug-likeness (QED) is 0.775. The van der Waals surface area contributed by atoms with E-state index in [9.17, 15) is 8.42 Å². The van der Waals surface area contributed by atoms with E-state index in [-0.39, 0.29) is 0 Å². The number of sulfonamides is 1. The van der Waals surface area contributed by atoms with Crippen LogP contribution >= 0.6 is 11.3 Å². The number of rotatable bonds is 8. The van der Waals surface area contributed by atoms with Gasteiger partial charge < -0.3 is 5.32 Å². The lowest BCUT2D eigenvalue weighted by Crippen LogP contribution is -2.27. The van der Waals surface area contributed by atoms with E-state index in [1.165, 1.54) is 43.4 Å². The third-order valence-corrected chi connectivity index (χ3v) is 7.15. The molecule has 2 aliphatic rings. The Morgan fingerprint density at radius 2 is 2.00 bits per heavy atom. The summed E-state index contributed by atoms with van der Waals surface area (Å²) >= 11 is 1.38. The normalized spacial score (nSPS) is 20.0. The summed E-state index contributed by atoms with van der Waals surface area (Å²) in [5.41, 5.74) is 0. The lowest BCUT2D eigenvalue weighted by molar-refractivity contribution is 0.297. The average Bonchev–Trinajstić information content (AvgIpc) is 3.06. The van der Waals surface area contributed by atoms with Crippen molar-refractivity contribution in [1.29, 1.82) is 0 Å². The Morgan fingerprint density at radius 3 is 2.65 bits per heavy atom. The van der Waals surface area contributed by atoms with Crippen molar-refractivity contribution in [2.24, 2.45) is 5.92 Å². The molecule has 20 heavy (non-hydrogen) atoms. The smallest absolute Gasteiger partial charge is 0.250 e. The van der Waals surface area contributed by atoms with Crippen molar-refractivity contribution in [2.75, 3.05) is 6.54 Å². The van der Waals surface area contributed by atoms with Gasteiger partial charge in [-0.15, -0.1) is 11.3 Å². The molecule has 0 aromatic carbocycles. The maximum Gasteiger partial charge on any atom is 0.250 e. The zero-order valence-electron chi connectivity index (χ0n) is 11.6. The van der Waals surface area contributed by atoms with Crippen molar-refractivity contribution < 1.29 is 8.42 Å². The van der Waals surface area contributed by atoms with E-state index in [1.54, 1.807) is 6.07 Å². The van der Waals surface area contributed by atoms with E-state index in [4.69, 9.17) is 0 Å². The zero-order chi connectivity index (χ0) is 14.0. The SMILES string of the molecule is O=S(=O)(NCCC1CCC1)c1ccc(CNC2CC2)s1. The molecule has 0 saturated heterocycles. The van der Waals surface area contributed by atoms with Crippen LogP contribution in [0.4, 0.5) is 0 Å². The minimum atomic E-state index is -3.30. The first-order valence-corrected chi connectivity index (χ1v) is 9.75. The van der Waals surface area contributed by atoms with Gasteiger partial charge in [0.05, 0.1) is 0 Å². The Labute approximate surface area is 125 Å². The predicted octanol–water partition coefficient (Wildman–Crippen LogP) is 2.47. The lowest BCUT2D eigenvalue weighted by atomic mass is 9.83. The lowest BCUT2D eigenvalue weighted by Gasteiger charge is -2.24. The number of thiophene rings is 1. The van der Waals surface area contributed by atoms with Crippen LogP contribution in [-0.2, 0) is 16.6 Å². The first-order valence-electron chi connectivity index (χ1n) is 7.45. The summed E-state index contributed by atoms with van der Waals surface area (Å²) in [6.07, 6.45) is 7.30. The van der Waals surface area contributed by atoms with Gasteiger partial charge in [-0.3, -0.25) is 0 Å². The second kappa shape index (κ2) is 6.13. The van der Waals surface area contributed by atoms with Gasteiger partial charge in [-0.1, -0.05) is 19.3 Å². The molecule has 4 nitrogen and oxygen atoms in total. The molecule has 2 saturated carbocycles. The highest BCUT2D eigenvalue weighted by Gasteiger charge is 2.22. The second-order valence-electron chi connectivity index (χ2n) is 5.86. The molecule has 1 aromatic heterocycles. The molecule has 3 rings (SSSR count). The minimum absolute atomic E-state index is 0.443. The first-order chi connectivity index (χ1) is 9.63. The largest absolute Gasteiger partial charge is 0.309 e. The van der Waals surface area contributed by atoms with Gasteiger partial charge in [0.2, 0.25) is 10.0 Å². The first kappa shape index (κ1) is 14.5. The molecule has 0 atom stereocenters. The molecule has 2 fully saturated rings. The third-order valence-electron chi connectivity index (χ3n) is 4.11. The molecule has 1 aromatic rings. The van der Waals surface area contributed by atoms with Gasteiger partial charge in [-0.2, -0.15) is 0 Å². The van der Waals surface area contributed by atoms with Crippen LogP contribution in [0.2, 0.25) is 0 Å². The average molecular weight is 314 g/mol. The summed E-state index contributed by atoms with van der Waals surface area (Å²) in [7, 11) is -3.30. The number of hydrogen-bond acceptors (Lipinski definition) is 4. The van der Waals surface area contributed by atoms with E-state index in [0.717, 1.165) is 23.8 Å². The minimum Gasteiger partial charge on any atom is -0.309 e. The van der Waals surface area contributed by atoms with E-state index in [0.29, 0.717) is 16.8 Å². The Kier molecular flexibility index (Phi) is 4.45. The molecule has 0 radical (unpaired) electrons. The molecule has 0 spiro atoms. The highest BCUT2D eigenvalue weighted by Crippen LogP contribution is 2.29. The molecule has 112 valence electrons. The fourth-order valence-corrected chi connectivity index (χ4v) is 4.78. The molecule has 0 amide bonds. The van der Waals surface area contributed by atoms with Crippen LogP contribution in [0, 0.1) is 5.92 Å². The summed E-state index contributed by atoms with van der Waals surface area (Å²) in [6, 6.07) is 4.29. The maximum atomic E-state index is 12.2. The van der Waals surface area contributed by atoms with Gasteiger partial charge in [-0.25, -0.2) is 13.1 Å². The van der Waals surface area contributed by atoms with Gasteiger partial charge in [0.25, 0.3) is 0 Å². The number of nitrogens with one attached hydrogen (secondary N) is 2. The van der Waals surface area contributed by atoms with Crippen LogP contribution in [0.5, 0.6) is 0 Å². The van der Waals surface area contributed by atoms with E-state index >= 15 is 0 Å². The molecule has 6 heteroatoms. The highest BCUT2D eigenvalue weighted by molar-refractivity contribution is 7.91. The summed E-state index contributed by atoms with van der Waals surface area (Å²) < 4.78 is 27.5. The van der Waals surface area contributed by atoms with Crippen LogP contribution in [0.15, 0.2) is 16.3 Å². The van der Waals surface area contributed by atoms with Crippen LogP contribution < -0.4 is 10.0 Å². The molecule has 2 N–H and O–H groups in total. The molecule has 1 heterocycles. The molecular formula is C14H22N2O2S2. The van der Waals surface area contributed by atoms with Crippen molar-refractivity contribution in [3.05, 3.63) is 17.0 Å². The van der Waals surface area contributed by atoms with Gasteiger partial charge in [0.1, 0.15) is 4.21 Å². The molecule has 2 aliphatic carbocycles. The fourth-order valence-electron chi connectivity index (χ4n) is 2.38. The summed E-state index contributed by atoms with van der Waals surface area (Å²) in [6.45, 7) is 1.35. The maximum absolute atomic E-state index is 12.2. The fraction of sp³-hybridized carbons (Fsp3) is 0.714. The Morgan fingerprint density at radius 1 is 1.20 bits per heavy atom. The van der Waals surface area contributed by atoms with Crippen molar-refractivity contribution in [3.63, 3.8) is 0 Å². The Hall–Kier alpha value is -0.430. The molecule has 0 bridgehead atoms. The van der Waals surface area contributed by atoms with Gasteiger partial charge in [-0.05, 0) is 37.3 Å². The topological polar surface area (TPSA) is 58.2 Å². The summed E-state index contributed by atoms with van der Waals surface area (Å²) in [5, 5.41) is 3.41. The van der Waals surface area contributed by atoms with Crippen LogP contribution in [0.1, 0.15) is 43.4 Å². The van der Waals surface area contributed by atoms with Crippen LogP contribution in [0.25, 0.3) is 0 Å². The van der Waals surface area contributed by atoms with Gasteiger partial charge >= 0.3 is 0 Å². The third kappa shape index (κ3) is 3.81. The van der Waals surface area contributed by atoms with E-state index in [1.807, 2.05) is 6.07 Å². The second-order valence-corrected chi connectivity index (χ2v) is 9.02.